The summed E-state index contributed by atoms with van der Waals surface area (Å²) in [4.78, 5) is 25.4. The molecule has 0 saturated heterocycles. The maximum Gasteiger partial charge on any atom is 0.374 e. The zero-order chi connectivity index (χ0) is 23.8. The average molecular weight is 520 g/mol. The summed E-state index contributed by atoms with van der Waals surface area (Å²) < 4.78 is 3.10. The van der Waals surface area contributed by atoms with Gasteiger partial charge in [-0.25, -0.2) is 19.7 Å². The van der Waals surface area contributed by atoms with E-state index in [1.807, 2.05) is 37.3 Å². The van der Waals surface area contributed by atoms with Gasteiger partial charge in [0.25, 0.3) is 0 Å². The minimum Gasteiger partial charge on any atom is -0.475 e. The molecule has 0 amide bonds. The van der Waals surface area contributed by atoms with E-state index in [-0.39, 0.29) is 11.9 Å². The van der Waals surface area contributed by atoms with Crippen LogP contribution in [0, 0.1) is 12.8 Å². The van der Waals surface area contributed by atoms with Gasteiger partial charge >= 0.3 is 5.97 Å². The van der Waals surface area contributed by atoms with Crippen molar-refractivity contribution >= 4 is 38.9 Å². The number of aryl methyl sites for hydroxylation is 1. The van der Waals surface area contributed by atoms with Crippen molar-refractivity contribution in [2.24, 2.45) is 5.92 Å². The molecule has 8 heteroatoms. The van der Waals surface area contributed by atoms with Gasteiger partial charge in [0, 0.05) is 22.6 Å². The summed E-state index contributed by atoms with van der Waals surface area (Å²) in [6, 6.07) is 16.5. The number of aromatic carboxylic acids is 1. The van der Waals surface area contributed by atoms with E-state index in [0.29, 0.717) is 23.9 Å². The zero-order valence-corrected chi connectivity index (χ0v) is 20.7. The molecule has 1 fully saturated rings. The van der Waals surface area contributed by atoms with Crippen molar-refractivity contribution in [1.29, 1.82) is 0 Å². The first-order chi connectivity index (χ1) is 16.4. The second-order valence-corrected chi connectivity index (χ2v) is 9.93. The number of carboxylic acids is 1. The van der Waals surface area contributed by atoms with E-state index in [9.17, 15) is 9.90 Å². The van der Waals surface area contributed by atoms with Crippen molar-refractivity contribution in [2.75, 3.05) is 5.32 Å². The third kappa shape index (κ3) is 4.42. The summed E-state index contributed by atoms with van der Waals surface area (Å²) in [5.74, 6) is 0.390. The Bertz CT molecular complexity index is 1360. The van der Waals surface area contributed by atoms with Gasteiger partial charge in [-0.05, 0) is 56.4 Å². The van der Waals surface area contributed by atoms with Gasteiger partial charge in [-0.15, -0.1) is 0 Å². The molecule has 1 aliphatic rings. The van der Waals surface area contributed by atoms with Crippen LogP contribution in [0.2, 0.25) is 0 Å². The van der Waals surface area contributed by atoms with E-state index in [4.69, 9.17) is 4.98 Å². The highest BCUT2D eigenvalue weighted by molar-refractivity contribution is 9.10. The number of hydrogen-bond donors (Lipinski definition) is 2. The highest BCUT2D eigenvalue weighted by atomic mass is 79.9. The Hall–Kier alpha value is -3.26. The monoisotopic (exact) mass is 519 g/mol. The summed E-state index contributed by atoms with van der Waals surface area (Å²) in [5, 5.41) is 13.2. The van der Waals surface area contributed by atoms with E-state index in [2.05, 4.69) is 60.9 Å². The number of carbonyl (C=O) groups is 1. The van der Waals surface area contributed by atoms with Crippen LogP contribution in [-0.2, 0) is 6.54 Å². The van der Waals surface area contributed by atoms with E-state index < -0.39 is 5.97 Å². The molecule has 2 aromatic heterocycles. The smallest absolute Gasteiger partial charge is 0.374 e. The molecule has 0 radical (unpaired) electrons. The number of aromatic nitrogens is 4. The topological polar surface area (TPSA) is 92.9 Å². The van der Waals surface area contributed by atoms with E-state index >= 15 is 0 Å². The van der Waals surface area contributed by atoms with E-state index in [1.54, 1.807) is 0 Å². The van der Waals surface area contributed by atoms with Crippen LogP contribution in [0.15, 0.2) is 53.0 Å². The third-order valence-corrected chi connectivity index (χ3v) is 7.07. The normalized spacial score (nSPS) is 14.7. The number of imidazole rings is 1. The molecule has 2 aromatic carbocycles. The lowest BCUT2D eigenvalue weighted by molar-refractivity contribution is 0.0684. The predicted octanol–water partition coefficient (Wildman–Crippen LogP) is 5.91. The molecular formula is C26H26BrN5O2. The summed E-state index contributed by atoms with van der Waals surface area (Å²) >= 11 is 3.50. The van der Waals surface area contributed by atoms with Gasteiger partial charge in [-0.3, -0.25) is 0 Å². The number of anilines is 1. The van der Waals surface area contributed by atoms with Gasteiger partial charge in [0.15, 0.2) is 11.5 Å². The number of halogens is 1. The average Bonchev–Trinajstić information content (AvgIpc) is 3.12. The second-order valence-electron chi connectivity index (χ2n) is 9.01. The molecule has 174 valence electrons. The summed E-state index contributed by atoms with van der Waals surface area (Å²) in [7, 11) is 0. The fraction of sp³-hybridized carbons (Fsp3) is 0.308. The number of nitrogens with zero attached hydrogens (tertiary/aromatic N) is 4. The number of fused-ring (bicyclic) bond motifs is 1. The molecule has 1 atom stereocenters. The molecule has 0 spiro atoms. The molecule has 2 N–H and O–H groups in total. The number of nitrogens with one attached hydrogen (secondary N) is 1. The third-order valence-electron chi connectivity index (χ3n) is 6.55. The van der Waals surface area contributed by atoms with Crippen LogP contribution < -0.4 is 5.32 Å². The highest BCUT2D eigenvalue weighted by Gasteiger charge is 2.27. The lowest BCUT2D eigenvalue weighted by Gasteiger charge is -2.32. The van der Waals surface area contributed by atoms with Crippen molar-refractivity contribution in [1.82, 2.24) is 19.5 Å². The van der Waals surface area contributed by atoms with Crippen LogP contribution >= 0.6 is 15.9 Å². The van der Waals surface area contributed by atoms with Gasteiger partial charge in [0.05, 0.1) is 0 Å². The Labute approximate surface area is 206 Å². The maximum absolute atomic E-state index is 11.8. The van der Waals surface area contributed by atoms with Crippen LogP contribution in [0.5, 0.6) is 0 Å². The lowest BCUT2D eigenvalue weighted by atomic mass is 9.80. The number of rotatable bonds is 7. The first-order valence-corrected chi connectivity index (χ1v) is 12.3. The van der Waals surface area contributed by atoms with Crippen LogP contribution in [0.4, 0.5) is 5.82 Å². The molecule has 0 bridgehead atoms. The number of carboxylic acid groups (broad SMARTS) is 1. The molecule has 2 heterocycles. The molecule has 7 nitrogen and oxygen atoms in total. The van der Waals surface area contributed by atoms with Crippen molar-refractivity contribution in [3.8, 4) is 11.4 Å². The van der Waals surface area contributed by atoms with Crippen molar-refractivity contribution in [3.05, 3.63) is 70.0 Å². The van der Waals surface area contributed by atoms with Crippen LogP contribution in [0.1, 0.15) is 47.9 Å². The first kappa shape index (κ1) is 22.5. The number of hydrogen-bond acceptors (Lipinski definition) is 5. The molecule has 0 unspecified atom stereocenters. The standard InChI is InChI=1S/C26H26BrN5O2/c1-15-5-3-8-19(13-15)25-31-23-21(32(25)14-17-9-11-20(27)12-10-17)22(29-24(30-23)26(33)34)28-16(2)18-6-4-7-18/h3,5,8-13,16,18H,4,6-7,14H2,1-2H3,(H,33,34)(H,28,29,30)/t16-/m1/s1. The minimum absolute atomic E-state index is 0.173. The second kappa shape index (κ2) is 9.18. The van der Waals surface area contributed by atoms with Gasteiger partial charge in [-0.2, -0.15) is 0 Å². The zero-order valence-electron chi connectivity index (χ0n) is 19.1. The van der Waals surface area contributed by atoms with E-state index in [1.165, 1.54) is 19.3 Å². The summed E-state index contributed by atoms with van der Waals surface area (Å²) in [6.07, 6.45) is 3.57. The summed E-state index contributed by atoms with van der Waals surface area (Å²) in [5.41, 5.74) is 4.26. The first-order valence-electron chi connectivity index (χ1n) is 11.5. The van der Waals surface area contributed by atoms with Crippen LogP contribution in [0.25, 0.3) is 22.6 Å². The van der Waals surface area contributed by atoms with Crippen LogP contribution in [0.3, 0.4) is 0 Å². The van der Waals surface area contributed by atoms with Crippen LogP contribution in [-0.4, -0.2) is 36.6 Å². The molecule has 4 aromatic rings. The number of benzene rings is 2. The van der Waals surface area contributed by atoms with Gasteiger partial charge in [0.1, 0.15) is 11.3 Å². The highest BCUT2D eigenvalue weighted by Crippen LogP contribution is 2.34. The quantitative estimate of drug-likeness (QED) is 0.315. The van der Waals surface area contributed by atoms with E-state index in [0.717, 1.165) is 32.5 Å². The molecule has 1 saturated carbocycles. The van der Waals surface area contributed by atoms with Gasteiger partial charge in [-0.1, -0.05) is 58.2 Å². The molecular weight excluding hydrogens is 494 g/mol. The molecule has 34 heavy (non-hydrogen) atoms. The maximum atomic E-state index is 11.8. The molecule has 0 aliphatic heterocycles. The Morgan fingerprint density at radius 1 is 1.18 bits per heavy atom. The minimum atomic E-state index is -1.17. The Kier molecular flexibility index (Phi) is 6.08. The van der Waals surface area contributed by atoms with Crippen molar-refractivity contribution in [2.45, 2.75) is 45.7 Å². The fourth-order valence-corrected chi connectivity index (χ4v) is 4.70. The molecule has 5 rings (SSSR count). The van der Waals surface area contributed by atoms with Gasteiger partial charge < -0.3 is 15.0 Å². The van der Waals surface area contributed by atoms with Crippen molar-refractivity contribution in [3.63, 3.8) is 0 Å². The Morgan fingerprint density at radius 3 is 2.59 bits per heavy atom. The van der Waals surface area contributed by atoms with Crippen molar-refractivity contribution < 1.29 is 9.90 Å². The lowest BCUT2D eigenvalue weighted by Crippen LogP contribution is -2.31. The predicted molar refractivity (Wildman–Crippen MR) is 136 cm³/mol. The fourth-order valence-electron chi connectivity index (χ4n) is 4.44. The Morgan fingerprint density at radius 2 is 1.94 bits per heavy atom. The Balaban J connectivity index is 1.71. The summed E-state index contributed by atoms with van der Waals surface area (Å²) in [6.45, 7) is 4.73. The SMILES string of the molecule is Cc1cccc(-c2nc3nc(C(=O)O)nc(N[C@H](C)C4CCC4)c3n2Cc2ccc(Br)cc2)c1. The molecule has 1 aliphatic carbocycles. The van der Waals surface area contributed by atoms with Gasteiger partial charge in [0.2, 0.25) is 5.82 Å². The largest absolute Gasteiger partial charge is 0.475 e.